The summed E-state index contributed by atoms with van der Waals surface area (Å²) in [4.78, 5) is 12.9. The molecule has 1 atom stereocenters. The Bertz CT molecular complexity index is 874. The Morgan fingerprint density at radius 2 is 1.59 bits per heavy atom. The molecule has 0 fully saturated rings. The first kappa shape index (κ1) is 21.5. The van der Waals surface area contributed by atoms with Gasteiger partial charge in [-0.3, -0.25) is 4.79 Å². The molecule has 5 nitrogen and oxygen atoms in total. The van der Waals surface area contributed by atoms with Crippen molar-refractivity contribution < 1.29 is 13.2 Å². The van der Waals surface area contributed by atoms with Gasteiger partial charge in [0.2, 0.25) is 15.9 Å². The zero-order chi connectivity index (χ0) is 20.0. The van der Waals surface area contributed by atoms with Crippen molar-refractivity contribution in [2.24, 2.45) is 0 Å². The van der Waals surface area contributed by atoms with E-state index in [0.29, 0.717) is 17.9 Å². The number of hydrogen-bond acceptors (Lipinski definition) is 4. The summed E-state index contributed by atoms with van der Waals surface area (Å²) in [6.07, 6.45) is 2.33. The molecule has 0 aliphatic rings. The molecule has 1 amide bonds. The summed E-state index contributed by atoms with van der Waals surface area (Å²) < 4.78 is 27.9. The summed E-state index contributed by atoms with van der Waals surface area (Å²) in [6.45, 7) is 5.80. The Hall–Kier alpha value is -1.83. The number of benzene rings is 2. The van der Waals surface area contributed by atoms with E-state index in [1.54, 1.807) is 36.0 Å². The molecule has 0 saturated heterocycles. The number of anilines is 1. The van der Waals surface area contributed by atoms with Gasteiger partial charge in [-0.15, -0.1) is 0 Å². The average Bonchev–Trinajstić information content (AvgIpc) is 2.58. The zero-order valence-electron chi connectivity index (χ0n) is 16.1. The van der Waals surface area contributed by atoms with Crippen LogP contribution in [0.2, 0.25) is 0 Å². The molecular formula is C20H26N2O3S2. The van der Waals surface area contributed by atoms with E-state index in [9.17, 15) is 13.2 Å². The van der Waals surface area contributed by atoms with Gasteiger partial charge in [-0.25, -0.2) is 8.42 Å². The molecule has 2 aromatic carbocycles. The molecule has 0 spiro atoms. The van der Waals surface area contributed by atoms with Crippen LogP contribution in [0.4, 0.5) is 5.69 Å². The first-order valence-electron chi connectivity index (χ1n) is 8.68. The van der Waals surface area contributed by atoms with E-state index in [4.69, 9.17) is 0 Å². The quantitative estimate of drug-likeness (QED) is 0.702. The molecule has 0 bridgehead atoms. The molecule has 0 saturated carbocycles. The van der Waals surface area contributed by atoms with Crippen molar-refractivity contribution in [2.75, 3.05) is 17.3 Å². The number of carbonyl (C=O) groups excluding carboxylic acids is 1. The lowest BCUT2D eigenvalue weighted by Gasteiger charge is -2.19. The van der Waals surface area contributed by atoms with Crippen LogP contribution in [0.5, 0.6) is 0 Å². The van der Waals surface area contributed by atoms with E-state index in [2.05, 4.69) is 10.0 Å². The van der Waals surface area contributed by atoms with E-state index < -0.39 is 16.1 Å². The molecule has 2 aromatic rings. The van der Waals surface area contributed by atoms with Crippen molar-refractivity contribution in [2.45, 2.75) is 38.1 Å². The fourth-order valence-electron chi connectivity index (χ4n) is 2.73. The maximum atomic E-state index is 12.8. The monoisotopic (exact) mass is 406 g/mol. The highest BCUT2D eigenvalue weighted by Gasteiger charge is 2.25. The molecule has 0 aliphatic heterocycles. The van der Waals surface area contributed by atoms with Crippen LogP contribution < -0.4 is 10.0 Å². The summed E-state index contributed by atoms with van der Waals surface area (Å²) >= 11 is 1.57. The fourth-order valence-corrected chi connectivity index (χ4v) is 4.43. The largest absolute Gasteiger partial charge is 0.325 e. The lowest BCUT2D eigenvalue weighted by Crippen LogP contribution is -2.44. The third-order valence-electron chi connectivity index (χ3n) is 4.05. The van der Waals surface area contributed by atoms with E-state index in [1.807, 2.05) is 45.2 Å². The molecule has 0 aromatic heterocycles. The molecule has 27 heavy (non-hydrogen) atoms. The van der Waals surface area contributed by atoms with Crippen LogP contribution in [0.3, 0.4) is 0 Å². The minimum atomic E-state index is -3.78. The van der Waals surface area contributed by atoms with Gasteiger partial charge in [0.05, 0.1) is 4.90 Å². The van der Waals surface area contributed by atoms with E-state index in [-0.39, 0.29) is 10.8 Å². The van der Waals surface area contributed by atoms with Crippen LogP contribution in [0.1, 0.15) is 23.1 Å². The van der Waals surface area contributed by atoms with Gasteiger partial charge in [-0.1, -0.05) is 23.8 Å². The molecule has 1 unspecified atom stereocenters. The number of amides is 1. The number of thioether (sulfide) groups is 1. The van der Waals surface area contributed by atoms with Crippen LogP contribution in [0, 0.1) is 20.8 Å². The molecule has 0 radical (unpaired) electrons. The molecular weight excluding hydrogens is 380 g/mol. The first-order chi connectivity index (χ1) is 12.7. The first-order valence-corrected chi connectivity index (χ1v) is 11.6. The number of hydrogen-bond donors (Lipinski definition) is 2. The highest BCUT2D eigenvalue weighted by molar-refractivity contribution is 7.98. The van der Waals surface area contributed by atoms with Crippen LogP contribution in [-0.2, 0) is 14.8 Å². The van der Waals surface area contributed by atoms with Crippen molar-refractivity contribution in [3.8, 4) is 0 Å². The highest BCUT2D eigenvalue weighted by atomic mass is 32.2. The second-order valence-corrected chi connectivity index (χ2v) is 9.33. The van der Waals surface area contributed by atoms with Gasteiger partial charge >= 0.3 is 0 Å². The molecule has 2 rings (SSSR count). The Kier molecular flexibility index (Phi) is 7.47. The van der Waals surface area contributed by atoms with Gasteiger partial charge in [0.1, 0.15) is 6.04 Å². The van der Waals surface area contributed by atoms with Crippen molar-refractivity contribution >= 4 is 33.4 Å². The van der Waals surface area contributed by atoms with E-state index >= 15 is 0 Å². The van der Waals surface area contributed by atoms with Crippen LogP contribution >= 0.6 is 11.8 Å². The van der Waals surface area contributed by atoms with E-state index in [1.165, 1.54) is 0 Å². The number of rotatable bonds is 8. The van der Waals surface area contributed by atoms with E-state index in [0.717, 1.165) is 16.7 Å². The maximum Gasteiger partial charge on any atom is 0.242 e. The lowest BCUT2D eigenvalue weighted by atomic mass is 10.1. The second-order valence-electron chi connectivity index (χ2n) is 6.63. The topological polar surface area (TPSA) is 75.3 Å². The van der Waals surface area contributed by atoms with Crippen LogP contribution in [0.25, 0.3) is 0 Å². The predicted molar refractivity (Wildman–Crippen MR) is 113 cm³/mol. The summed E-state index contributed by atoms with van der Waals surface area (Å²) in [7, 11) is -3.78. The Morgan fingerprint density at radius 1 is 1.00 bits per heavy atom. The van der Waals surface area contributed by atoms with Crippen LogP contribution in [-0.4, -0.2) is 32.4 Å². The van der Waals surface area contributed by atoms with Gasteiger partial charge in [0.15, 0.2) is 0 Å². The smallest absolute Gasteiger partial charge is 0.242 e. The average molecular weight is 407 g/mol. The van der Waals surface area contributed by atoms with Gasteiger partial charge in [-0.2, -0.15) is 16.5 Å². The summed E-state index contributed by atoms with van der Waals surface area (Å²) in [6, 6.07) is 11.5. The highest BCUT2D eigenvalue weighted by Crippen LogP contribution is 2.16. The Labute approximate surface area is 166 Å². The Morgan fingerprint density at radius 3 is 2.15 bits per heavy atom. The molecule has 7 heteroatoms. The predicted octanol–water partition coefficient (Wildman–Crippen LogP) is 3.65. The summed E-state index contributed by atoms with van der Waals surface area (Å²) in [5.74, 6) is 0.311. The van der Waals surface area contributed by atoms with Gasteiger partial charge in [-0.05, 0) is 74.6 Å². The summed E-state index contributed by atoms with van der Waals surface area (Å²) in [5.41, 5.74) is 3.71. The fraction of sp³-hybridized carbons (Fsp3) is 0.350. The number of carbonyl (C=O) groups is 1. The Balaban J connectivity index is 2.20. The van der Waals surface area contributed by atoms with Crippen LogP contribution in [0.15, 0.2) is 47.4 Å². The van der Waals surface area contributed by atoms with Gasteiger partial charge in [0.25, 0.3) is 0 Å². The van der Waals surface area contributed by atoms with Crippen molar-refractivity contribution in [3.05, 3.63) is 59.2 Å². The number of sulfonamides is 1. The SMILES string of the molecule is CSCCC(NS(=O)(=O)c1ccc(C)cc1)C(=O)Nc1cc(C)cc(C)c1. The molecule has 2 N–H and O–H groups in total. The third kappa shape index (κ3) is 6.37. The van der Waals surface area contributed by atoms with Gasteiger partial charge in [0, 0.05) is 5.69 Å². The lowest BCUT2D eigenvalue weighted by molar-refractivity contribution is -0.117. The molecule has 0 aliphatic carbocycles. The van der Waals surface area contributed by atoms with Crippen molar-refractivity contribution in [1.82, 2.24) is 4.72 Å². The van der Waals surface area contributed by atoms with Gasteiger partial charge < -0.3 is 5.32 Å². The standard InChI is InChI=1S/C20H26N2O3S2/c1-14-5-7-18(8-6-14)27(24,25)22-19(9-10-26-4)20(23)21-17-12-15(2)11-16(3)13-17/h5-8,11-13,19,22H,9-10H2,1-4H3,(H,21,23). The maximum absolute atomic E-state index is 12.8. The third-order valence-corrected chi connectivity index (χ3v) is 6.18. The molecule has 0 heterocycles. The zero-order valence-corrected chi connectivity index (χ0v) is 17.7. The number of aryl methyl sites for hydroxylation is 3. The van der Waals surface area contributed by atoms with Crippen molar-refractivity contribution in [3.63, 3.8) is 0 Å². The minimum absolute atomic E-state index is 0.154. The molecule has 146 valence electrons. The van der Waals surface area contributed by atoms with Crippen molar-refractivity contribution in [1.29, 1.82) is 0 Å². The second kappa shape index (κ2) is 9.39. The normalized spacial score (nSPS) is 12.6. The number of nitrogens with one attached hydrogen (secondary N) is 2. The summed E-state index contributed by atoms with van der Waals surface area (Å²) in [5, 5.41) is 2.84. The minimum Gasteiger partial charge on any atom is -0.325 e.